The summed E-state index contributed by atoms with van der Waals surface area (Å²) < 4.78 is 24.1. The fourth-order valence-electron chi connectivity index (χ4n) is 1.32. The van der Waals surface area contributed by atoms with Crippen LogP contribution in [0.1, 0.15) is 5.56 Å². The summed E-state index contributed by atoms with van der Waals surface area (Å²) in [4.78, 5) is 5.63. The third-order valence-electron chi connectivity index (χ3n) is 1.98. The van der Waals surface area contributed by atoms with Gasteiger partial charge in [-0.05, 0) is 24.7 Å². The molecule has 0 bridgehead atoms. The van der Waals surface area contributed by atoms with Gasteiger partial charge in [0, 0.05) is 19.8 Å². The highest BCUT2D eigenvalue weighted by Crippen LogP contribution is 2.09. The highest BCUT2D eigenvalue weighted by molar-refractivity contribution is 5.36. The van der Waals surface area contributed by atoms with Crippen LogP contribution in [0.5, 0.6) is 0 Å². The Bertz CT molecular complexity index is 304. The molecular weight excluding hydrogens is 200 g/mol. The molecule has 0 aliphatic heterocycles. The third-order valence-corrected chi connectivity index (χ3v) is 1.98. The quantitative estimate of drug-likeness (QED) is 0.812. The second-order valence-electron chi connectivity index (χ2n) is 3.39. The summed E-state index contributed by atoms with van der Waals surface area (Å²) in [6, 6.07) is 3.67. The summed E-state index contributed by atoms with van der Waals surface area (Å²) in [6.07, 6.45) is -0.627. The number of hydrogen-bond acceptors (Lipinski definition) is 3. The van der Waals surface area contributed by atoms with Crippen LogP contribution in [0.3, 0.4) is 0 Å². The molecule has 0 fully saturated rings. The average Bonchev–Trinajstić information content (AvgIpc) is 2.16. The molecular formula is C10H15F2N3. The van der Waals surface area contributed by atoms with E-state index in [1.165, 1.54) is 0 Å². The van der Waals surface area contributed by atoms with Crippen molar-refractivity contribution >= 4 is 5.82 Å². The zero-order chi connectivity index (χ0) is 11.3. The van der Waals surface area contributed by atoms with E-state index >= 15 is 0 Å². The Kier molecular flexibility index (Phi) is 4.42. The van der Waals surface area contributed by atoms with E-state index in [2.05, 4.69) is 10.3 Å². The molecule has 1 aromatic heterocycles. The maximum Gasteiger partial charge on any atom is 0.251 e. The Balaban J connectivity index is 2.55. The largest absolute Gasteiger partial charge is 0.373 e. The van der Waals surface area contributed by atoms with Gasteiger partial charge >= 0.3 is 0 Å². The number of halogens is 2. The van der Waals surface area contributed by atoms with Gasteiger partial charge in [-0.3, -0.25) is 4.90 Å². The van der Waals surface area contributed by atoms with Crippen LogP contribution in [-0.2, 0) is 6.54 Å². The van der Waals surface area contributed by atoms with E-state index in [1.807, 2.05) is 12.1 Å². The lowest BCUT2D eigenvalue weighted by molar-refractivity contribution is 0.0975. The first-order valence-corrected chi connectivity index (χ1v) is 4.71. The molecule has 0 saturated carbocycles. The van der Waals surface area contributed by atoms with E-state index in [-0.39, 0.29) is 6.54 Å². The number of aromatic nitrogens is 1. The lowest BCUT2D eigenvalue weighted by Gasteiger charge is -2.16. The van der Waals surface area contributed by atoms with Crippen molar-refractivity contribution in [1.29, 1.82) is 0 Å². The van der Waals surface area contributed by atoms with Crippen LogP contribution in [0.15, 0.2) is 18.3 Å². The fourth-order valence-corrected chi connectivity index (χ4v) is 1.32. The fraction of sp³-hybridized carbons (Fsp3) is 0.500. The molecule has 1 aromatic rings. The Morgan fingerprint density at radius 3 is 2.87 bits per heavy atom. The highest BCUT2D eigenvalue weighted by Gasteiger charge is 2.08. The van der Waals surface area contributed by atoms with Crippen molar-refractivity contribution in [1.82, 2.24) is 9.88 Å². The van der Waals surface area contributed by atoms with Crippen LogP contribution < -0.4 is 5.32 Å². The molecule has 15 heavy (non-hydrogen) atoms. The third kappa shape index (κ3) is 4.20. The first-order valence-electron chi connectivity index (χ1n) is 4.71. The lowest BCUT2D eigenvalue weighted by atomic mass is 10.2. The topological polar surface area (TPSA) is 28.2 Å². The van der Waals surface area contributed by atoms with E-state index in [1.54, 1.807) is 25.2 Å². The number of pyridine rings is 1. The van der Waals surface area contributed by atoms with E-state index in [0.717, 1.165) is 11.4 Å². The van der Waals surface area contributed by atoms with Crippen LogP contribution in [0, 0.1) is 0 Å². The molecule has 0 radical (unpaired) electrons. The molecule has 84 valence electrons. The van der Waals surface area contributed by atoms with Crippen LogP contribution in [-0.4, -0.2) is 36.9 Å². The summed E-state index contributed by atoms with van der Waals surface area (Å²) in [7, 11) is 3.45. The minimum Gasteiger partial charge on any atom is -0.373 e. The summed E-state index contributed by atoms with van der Waals surface area (Å²) in [6.45, 7) is 0.290. The van der Waals surface area contributed by atoms with Gasteiger partial charge < -0.3 is 5.32 Å². The predicted octanol–water partition coefficient (Wildman–Crippen LogP) is 1.82. The molecule has 1 N–H and O–H groups in total. The normalized spacial score (nSPS) is 11.1. The number of hydrogen-bond donors (Lipinski definition) is 1. The van der Waals surface area contributed by atoms with Crippen LogP contribution in [0.2, 0.25) is 0 Å². The molecule has 0 aliphatic rings. The maximum atomic E-state index is 12.1. The number of anilines is 1. The average molecular weight is 215 g/mol. The molecule has 0 spiro atoms. The molecule has 3 nitrogen and oxygen atoms in total. The minimum atomic E-state index is -2.29. The van der Waals surface area contributed by atoms with Gasteiger partial charge in [0.1, 0.15) is 5.82 Å². The second kappa shape index (κ2) is 5.60. The molecule has 0 aromatic carbocycles. The zero-order valence-electron chi connectivity index (χ0n) is 8.87. The summed E-state index contributed by atoms with van der Waals surface area (Å²) >= 11 is 0. The lowest BCUT2D eigenvalue weighted by Crippen LogP contribution is -2.24. The van der Waals surface area contributed by atoms with Gasteiger partial charge in [-0.1, -0.05) is 0 Å². The molecule has 0 aliphatic carbocycles. The molecule has 0 atom stereocenters. The Hall–Kier alpha value is -1.23. The van der Waals surface area contributed by atoms with Crippen molar-refractivity contribution in [3.8, 4) is 0 Å². The van der Waals surface area contributed by atoms with Gasteiger partial charge in [0.25, 0.3) is 6.43 Å². The summed E-state index contributed by atoms with van der Waals surface area (Å²) in [5.41, 5.74) is 0.970. The van der Waals surface area contributed by atoms with Crippen molar-refractivity contribution in [3.63, 3.8) is 0 Å². The molecule has 5 heteroatoms. The van der Waals surface area contributed by atoms with Crippen LogP contribution >= 0.6 is 0 Å². The van der Waals surface area contributed by atoms with E-state index < -0.39 is 6.43 Å². The molecule has 1 heterocycles. The van der Waals surface area contributed by atoms with E-state index in [9.17, 15) is 8.78 Å². The first-order chi connectivity index (χ1) is 7.11. The number of nitrogens with zero attached hydrogens (tertiary/aromatic N) is 2. The van der Waals surface area contributed by atoms with Crippen molar-refractivity contribution in [2.45, 2.75) is 13.0 Å². The zero-order valence-corrected chi connectivity index (χ0v) is 8.87. The maximum absolute atomic E-state index is 12.1. The second-order valence-corrected chi connectivity index (χ2v) is 3.39. The number of alkyl halides is 2. The Labute approximate surface area is 88.1 Å². The van der Waals surface area contributed by atoms with Gasteiger partial charge in [0.15, 0.2) is 0 Å². The van der Waals surface area contributed by atoms with E-state index in [4.69, 9.17) is 0 Å². The van der Waals surface area contributed by atoms with Crippen LogP contribution in [0.4, 0.5) is 14.6 Å². The van der Waals surface area contributed by atoms with Crippen molar-refractivity contribution in [3.05, 3.63) is 23.9 Å². The van der Waals surface area contributed by atoms with Crippen molar-refractivity contribution in [2.24, 2.45) is 0 Å². The summed E-state index contributed by atoms with van der Waals surface area (Å²) in [5.74, 6) is 0.748. The molecule has 0 saturated heterocycles. The molecule has 0 unspecified atom stereocenters. The minimum absolute atomic E-state index is 0.211. The van der Waals surface area contributed by atoms with Gasteiger partial charge in [0.2, 0.25) is 0 Å². The molecule has 0 amide bonds. The smallest absolute Gasteiger partial charge is 0.251 e. The van der Waals surface area contributed by atoms with E-state index in [0.29, 0.717) is 6.54 Å². The number of rotatable bonds is 5. The highest BCUT2D eigenvalue weighted by atomic mass is 19.3. The van der Waals surface area contributed by atoms with Gasteiger partial charge in [-0.25, -0.2) is 13.8 Å². The van der Waals surface area contributed by atoms with Gasteiger partial charge in [0.05, 0.1) is 6.54 Å². The van der Waals surface area contributed by atoms with Gasteiger partial charge in [-0.15, -0.1) is 0 Å². The Morgan fingerprint density at radius 2 is 2.27 bits per heavy atom. The van der Waals surface area contributed by atoms with Crippen molar-refractivity contribution in [2.75, 3.05) is 26.0 Å². The first kappa shape index (κ1) is 11.8. The monoisotopic (exact) mass is 215 g/mol. The summed E-state index contributed by atoms with van der Waals surface area (Å²) in [5, 5.41) is 2.90. The Morgan fingerprint density at radius 1 is 1.53 bits per heavy atom. The SMILES string of the molecule is CNc1cc(CN(C)CC(F)F)ccn1. The predicted molar refractivity (Wildman–Crippen MR) is 56.1 cm³/mol. The van der Waals surface area contributed by atoms with Crippen LogP contribution in [0.25, 0.3) is 0 Å². The van der Waals surface area contributed by atoms with Crippen molar-refractivity contribution < 1.29 is 8.78 Å². The number of nitrogens with one attached hydrogen (secondary N) is 1. The van der Waals surface area contributed by atoms with Gasteiger partial charge in [-0.2, -0.15) is 0 Å². The standard InChI is InChI=1S/C10H15F2N3/c1-13-10-5-8(3-4-14-10)6-15(2)7-9(11)12/h3-5,9H,6-7H2,1-2H3,(H,13,14). The molecule has 1 rings (SSSR count).